The van der Waals surface area contributed by atoms with Crippen molar-refractivity contribution in [2.45, 2.75) is 18.0 Å². The topological polar surface area (TPSA) is 131 Å². The third-order valence-electron chi connectivity index (χ3n) is 5.69. The number of halogens is 3. The van der Waals surface area contributed by atoms with Crippen molar-refractivity contribution in [2.24, 2.45) is 0 Å². The van der Waals surface area contributed by atoms with E-state index in [1.807, 2.05) is 0 Å². The van der Waals surface area contributed by atoms with E-state index in [0.717, 1.165) is 28.6 Å². The Labute approximate surface area is 228 Å². The average Bonchev–Trinajstić information content (AvgIpc) is 2.91. The van der Waals surface area contributed by atoms with Crippen LogP contribution >= 0.6 is 0 Å². The first-order valence-corrected chi connectivity index (χ1v) is 14.9. The Bertz CT molecular complexity index is 1610. The number of rotatable bonds is 9. The normalized spacial score (nSPS) is 13.4. The van der Waals surface area contributed by atoms with Gasteiger partial charge in [0.05, 0.1) is 21.9 Å². The maximum atomic E-state index is 12.9. The van der Waals surface area contributed by atoms with Gasteiger partial charge < -0.3 is 14.8 Å². The highest BCUT2D eigenvalue weighted by Gasteiger charge is 2.31. The van der Waals surface area contributed by atoms with Crippen molar-refractivity contribution in [3.05, 3.63) is 72.3 Å². The van der Waals surface area contributed by atoms with E-state index in [1.165, 1.54) is 37.3 Å². The molecule has 1 amide bonds. The highest BCUT2D eigenvalue weighted by atomic mass is 32.2. The van der Waals surface area contributed by atoms with Crippen LogP contribution in [0.25, 0.3) is 0 Å². The van der Waals surface area contributed by atoms with Gasteiger partial charge >= 0.3 is 6.18 Å². The fourth-order valence-corrected chi connectivity index (χ4v) is 5.82. The number of nitrogens with one attached hydrogen (secondary N) is 2. The number of benzene rings is 3. The molecule has 1 aliphatic rings. The molecule has 0 spiro atoms. The minimum Gasteiger partial charge on any atom is -0.486 e. The van der Waals surface area contributed by atoms with Crippen molar-refractivity contribution < 1.29 is 44.3 Å². The van der Waals surface area contributed by atoms with Crippen molar-refractivity contribution >= 4 is 43.0 Å². The number of amides is 1. The summed E-state index contributed by atoms with van der Waals surface area (Å²) in [5, 5.41) is 2.51. The van der Waals surface area contributed by atoms with E-state index in [9.17, 15) is 34.8 Å². The molecule has 0 aliphatic carbocycles. The quantitative estimate of drug-likeness (QED) is 0.379. The lowest BCUT2D eigenvalue weighted by Crippen LogP contribution is -2.39. The van der Waals surface area contributed by atoms with Gasteiger partial charge in [-0.15, -0.1) is 0 Å². The maximum absolute atomic E-state index is 12.9. The molecule has 15 heteroatoms. The van der Waals surface area contributed by atoms with Crippen LogP contribution in [0.1, 0.15) is 12.5 Å². The monoisotopic (exact) mass is 599 g/mol. The highest BCUT2D eigenvalue weighted by Crippen LogP contribution is 2.35. The zero-order valence-corrected chi connectivity index (χ0v) is 22.6. The Morgan fingerprint density at radius 3 is 2.23 bits per heavy atom. The predicted molar refractivity (Wildman–Crippen MR) is 142 cm³/mol. The number of hydrogen-bond donors (Lipinski definition) is 2. The molecule has 2 N–H and O–H groups in total. The number of hydrogen-bond acceptors (Lipinski definition) is 7. The number of nitrogens with zero attached hydrogens (tertiary/aromatic N) is 1. The maximum Gasteiger partial charge on any atom is 0.416 e. The fourth-order valence-electron chi connectivity index (χ4n) is 3.71. The molecule has 1 aliphatic heterocycles. The van der Waals surface area contributed by atoms with Crippen LogP contribution in [-0.4, -0.2) is 48.3 Å². The van der Waals surface area contributed by atoms with Gasteiger partial charge in [-0.1, -0.05) is 6.07 Å². The van der Waals surface area contributed by atoms with E-state index in [-0.39, 0.29) is 27.7 Å². The van der Waals surface area contributed by atoms with Crippen LogP contribution in [0.4, 0.5) is 30.2 Å². The average molecular weight is 600 g/mol. The van der Waals surface area contributed by atoms with E-state index in [2.05, 4.69) is 10.0 Å². The van der Waals surface area contributed by atoms with E-state index in [0.29, 0.717) is 30.8 Å². The van der Waals surface area contributed by atoms with Crippen molar-refractivity contribution in [1.82, 2.24) is 0 Å². The van der Waals surface area contributed by atoms with Crippen LogP contribution in [0.3, 0.4) is 0 Å². The van der Waals surface area contributed by atoms with E-state index in [4.69, 9.17) is 9.47 Å². The lowest BCUT2D eigenvalue weighted by Gasteiger charge is -2.25. The minimum absolute atomic E-state index is 0.166. The molecule has 0 radical (unpaired) electrons. The van der Waals surface area contributed by atoms with Gasteiger partial charge in [0.2, 0.25) is 15.9 Å². The van der Waals surface area contributed by atoms with Crippen LogP contribution in [0.15, 0.2) is 71.6 Å². The van der Waals surface area contributed by atoms with E-state index >= 15 is 0 Å². The van der Waals surface area contributed by atoms with Gasteiger partial charge in [0.1, 0.15) is 19.8 Å². The van der Waals surface area contributed by atoms with Crippen LogP contribution in [0.5, 0.6) is 11.5 Å². The summed E-state index contributed by atoms with van der Waals surface area (Å²) in [6, 6.07) is 13.1. The summed E-state index contributed by atoms with van der Waals surface area (Å²) in [7, 11) is -8.12. The van der Waals surface area contributed by atoms with Crippen molar-refractivity contribution in [2.75, 3.05) is 39.9 Å². The molecule has 10 nitrogen and oxygen atoms in total. The molecule has 3 aromatic rings. The third-order valence-corrected chi connectivity index (χ3v) is 8.83. The highest BCUT2D eigenvalue weighted by molar-refractivity contribution is 7.93. The molecular formula is C25H24F3N3O7S2. The molecule has 3 aromatic carbocycles. The summed E-state index contributed by atoms with van der Waals surface area (Å²) in [5.74, 6) is -0.188. The van der Waals surface area contributed by atoms with Crippen LogP contribution in [-0.2, 0) is 31.0 Å². The number of alkyl halides is 3. The Kier molecular flexibility index (Phi) is 8.16. The second-order valence-corrected chi connectivity index (χ2v) is 12.4. The molecule has 0 saturated heterocycles. The predicted octanol–water partition coefficient (Wildman–Crippen LogP) is 4.07. The third kappa shape index (κ3) is 6.77. The molecule has 0 aromatic heterocycles. The zero-order chi connectivity index (χ0) is 29.1. The smallest absolute Gasteiger partial charge is 0.416 e. The second kappa shape index (κ2) is 11.3. The molecular weight excluding hydrogens is 575 g/mol. The molecule has 4 rings (SSSR count). The molecule has 0 saturated carbocycles. The number of carbonyl (C=O) groups excluding carboxylic acids is 1. The van der Waals surface area contributed by atoms with Gasteiger partial charge in [0.15, 0.2) is 11.5 Å². The first-order valence-electron chi connectivity index (χ1n) is 11.8. The Morgan fingerprint density at radius 2 is 1.57 bits per heavy atom. The largest absolute Gasteiger partial charge is 0.486 e. The van der Waals surface area contributed by atoms with Gasteiger partial charge in [-0.3, -0.25) is 13.8 Å². The lowest BCUT2D eigenvalue weighted by molar-refractivity contribution is -0.137. The number of fused-ring (bicyclic) bond motifs is 1. The van der Waals surface area contributed by atoms with Crippen LogP contribution in [0.2, 0.25) is 0 Å². The van der Waals surface area contributed by atoms with Crippen molar-refractivity contribution in [1.29, 1.82) is 0 Å². The molecule has 0 unspecified atom stereocenters. The van der Waals surface area contributed by atoms with Gasteiger partial charge in [0.25, 0.3) is 10.0 Å². The van der Waals surface area contributed by atoms with Crippen molar-refractivity contribution in [3.8, 4) is 11.5 Å². The molecule has 214 valence electrons. The number of carbonyl (C=O) groups is 1. The molecule has 0 atom stereocenters. The Balaban J connectivity index is 1.47. The van der Waals surface area contributed by atoms with Crippen molar-refractivity contribution in [3.63, 3.8) is 0 Å². The van der Waals surface area contributed by atoms with Crippen LogP contribution < -0.4 is 23.8 Å². The summed E-state index contributed by atoms with van der Waals surface area (Å²) in [6.07, 6.45) is -4.64. The first-order chi connectivity index (χ1) is 18.8. The number of anilines is 3. The second-order valence-electron chi connectivity index (χ2n) is 8.49. The van der Waals surface area contributed by atoms with Gasteiger partial charge in [-0.25, -0.2) is 16.8 Å². The Hall–Kier alpha value is -3.98. The number of sulfonamides is 2. The Morgan fingerprint density at radius 1 is 0.900 bits per heavy atom. The molecule has 1 heterocycles. The first kappa shape index (κ1) is 29.0. The molecule has 0 bridgehead atoms. The van der Waals surface area contributed by atoms with Crippen LogP contribution in [0, 0.1) is 0 Å². The summed E-state index contributed by atoms with van der Waals surface area (Å²) in [5.41, 5.74) is -0.924. The summed E-state index contributed by atoms with van der Waals surface area (Å²) in [6.45, 7) is 1.50. The summed E-state index contributed by atoms with van der Waals surface area (Å²) >= 11 is 0. The molecule has 40 heavy (non-hydrogen) atoms. The standard InChI is InChI=1S/C25H24F3N3O7S2/c1-2-39(33,34)31(20-8-11-22-23(15-20)38-13-12-37-22)16-24(32)29-18-6-9-21(10-7-18)40(35,36)30-19-5-3-4-17(14-19)25(26,27)28/h3-11,14-15,30H,2,12-13,16H2,1H3,(H,29,32). The SMILES string of the molecule is CCS(=O)(=O)N(CC(=O)Nc1ccc(S(=O)(=O)Nc2cccc(C(F)(F)F)c2)cc1)c1ccc2c(c1)OCCO2. The summed E-state index contributed by atoms with van der Waals surface area (Å²) < 4.78 is 104. The van der Waals surface area contributed by atoms with Gasteiger partial charge in [-0.2, -0.15) is 13.2 Å². The zero-order valence-electron chi connectivity index (χ0n) is 20.9. The molecule has 0 fully saturated rings. The van der Waals surface area contributed by atoms with Gasteiger partial charge in [-0.05, 0) is 61.5 Å². The van der Waals surface area contributed by atoms with Gasteiger partial charge in [0, 0.05) is 17.4 Å². The minimum atomic E-state index is -4.64. The van der Waals surface area contributed by atoms with E-state index in [1.54, 1.807) is 6.07 Å². The lowest BCUT2D eigenvalue weighted by atomic mass is 10.2. The van der Waals surface area contributed by atoms with E-state index < -0.39 is 44.2 Å². The number of ether oxygens (including phenoxy) is 2. The summed E-state index contributed by atoms with van der Waals surface area (Å²) in [4.78, 5) is 12.5. The fraction of sp³-hybridized carbons (Fsp3) is 0.240.